The van der Waals surface area contributed by atoms with Crippen molar-refractivity contribution in [3.8, 4) is 0 Å². The first-order valence-corrected chi connectivity index (χ1v) is 7.03. The Hall–Kier alpha value is -0.890. The number of nitrogens with one attached hydrogen (secondary N) is 1. The highest BCUT2D eigenvalue weighted by atomic mass is 19.3. The van der Waals surface area contributed by atoms with E-state index in [1.54, 1.807) is 0 Å². The zero-order chi connectivity index (χ0) is 16.2. The third-order valence-corrected chi connectivity index (χ3v) is 3.82. The highest BCUT2D eigenvalue weighted by Gasteiger charge is 2.49. The Bertz CT molecular complexity index is 344. The molecule has 0 spiro atoms. The zero-order valence-corrected chi connectivity index (χ0v) is 12.6. The van der Waals surface area contributed by atoms with E-state index in [0.29, 0.717) is 0 Å². The van der Waals surface area contributed by atoms with Gasteiger partial charge in [0.1, 0.15) is 0 Å². The van der Waals surface area contributed by atoms with Crippen LogP contribution in [0.15, 0.2) is 0 Å². The topological polar surface area (TPSA) is 35.6 Å². The molecule has 1 rings (SSSR count). The number of carbonyl (C=O) groups excluding carboxylic acids is 1. The number of hydrogen-bond acceptors (Lipinski definition) is 3. The first-order chi connectivity index (χ1) is 9.66. The lowest BCUT2D eigenvalue weighted by molar-refractivity contribution is -0.169. The maximum atomic E-state index is 12.9. The lowest BCUT2D eigenvalue weighted by atomic mass is 10.0. The van der Waals surface area contributed by atoms with E-state index in [2.05, 4.69) is 9.80 Å². The summed E-state index contributed by atoms with van der Waals surface area (Å²) in [7, 11) is 1.99. The summed E-state index contributed by atoms with van der Waals surface area (Å²) < 4.78 is 50.0. The maximum absolute atomic E-state index is 12.9. The zero-order valence-electron chi connectivity index (χ0n) is 12.6. The second-order valence-corrected chi connectivity index (χ2v) is 5.78. The molecule has 4 nitrogen and oxygen atoms in total. The molecule has 0 bridgehead atoms. The van der Waals surface area contributed by atoms with Gasteiger partial charge in [0.25, 0.3) is 5.91 Å². The van der Waals surface area contributed by atoms with Gasteiger partial charge >= 0.3 is 12.3 Å². The molecule has 1 aliphatic rings. The predicted molar refractivity (Wildman–Crippen MR) is 71.7 cm³/mol. The summed E-state index contributed by atoms with van der Waals surface area (Å²) in [6.45, 7) is 7.01. The lowest BCUT2D eigenvalue weighted by Crippen LogP contribution is -2.56. The largest absolute Gasteiger partial charge is 0.383 e. The molecule has 124 valence electrons. The molecule has 1 unspecified atom stereocenters. The number of hydrogen-bond donors (Lipinski definition) is 1. The summed E-state index contributed by atoms with van der Waals surface area (Å²) in [6.07, 6.45) is -3.99. The first kappa shape index (κ1) is 18.2. The standard InChI is InChI=1S/C13H23F4N3O/c1-9(2)10(20-6-4-19(3)5-7-20)8-18-12(21)13(16,17)11(14)15/h9-11H,4-8H2,1-3H3,(H,18,21). The van der Waals surface area contributed by atoms with Crippen molar-refractivity contribution in [2.45, 2.75) is 32.2 Å². The van der Waals surface area contributed by atoms with Crippen LogP contribution >= 0.6 is 0 Å². The van der Waals surface area contributed by atoms with E-state index < -0.39 is 18.3 Å². The van der Waals surface area contributed by atoms with Gasteiger partial charge in [-0.15, -0.1) is 0 Å². The van der Waals surface area contributed by atoms with E-state index in [1.807, 2.05) is 26.2 Å². The van der Waals surface area contributed by atoms with Crippen LogP contribution in [-0.4, -0.2) is 73.9 Å². The van der Waals surface area contributed by atoms with Gasteiger partial charge in [0.05, 0.1) is 0 Å². The molecular formula is C13H23F4N3O. The van der Waals surface area contributed by atoms with Crippen LogP contribution in [0.5, 0.6) is 0 Å². The number of likely N-dealkylation sites (N-methyl/N-ethyl adjacent to an activating group) is 1. The van der Waals surface area contributed by atoms with Crippen LogP contribution in [0.2, 0.25) is 0 Å². The molecule has 0 aliphatic carbocycles. The highest BCUT2D eigenvalue weighted by molar-refractivity contribution is 5.83. The van der Waals surface area contributed by atoms with Gasteiger partial charge < -0.3 is 10.2 Å². The number of halogens is 4. The molecule has 1 fully saturated rings. The average molecular weight is 313 g/mol. The summed E-state index contributed by atoms with van der Waals surface area (Å²) in [4.78, 5) is 15.5. The van der Waals surface area contributed by atoms with Crippen molar-refractivity contribution >= 4 is 5.91 Å². The van der Waals surface area contributed by atoms with Crippen LogP contribution in [0.1, 0.15) is 13.8 Å². The summed E-state index contributed by atoms with van der Waals surface area (Å²) in [5.41, 5.74) is 0. The van der Waals surface area contributed by atoms with E-state index in [0.717, 1.165) is 26.2 Å². The lowest BCUT2D eigenvalue weighted by Gasteiger charge is -2.40. The minimum atomic E-state index is -4.64. The number of piperazine rings is 1. The van der Waals surface area contributed by atoms with Gasteiger partial charge in [0.15, 0.2) is 0 Å². The average Bonchev–Trinajstić information content (AvgIpc) is 2.40. The molecule has 21 heavy (non-hydrogen) atoms. The molecule has 1 atom stereocenters. The minimum absolute atomic E-state index is 0.0531. The molecule has 8 heteroatoms. The van der Waals surface area contributed by atoms with E-state index >= 15 is 0 Å². The SMILES string of the molecule is CC(C)C(CNC(=O)C(F)(F)C(F)F)N1CCN(C)CC1. The maximum Gasteiger partial charge on any atom is 0.383 e. The Labute approximate surface area is 122 Å². The third kappa shape index (κ3) is 4.81. The van der Waals surface area contributed by atoms with Gasteiger partial charge in [0, 0.05) is 38.8 Å². The van der Waals surface area contributed by atoms with Crippen molar-refractivity contribution < 1.29 is 22.4 Å². The number of nitrogens with zero attached hydrogens (tertiary/aromatic N) is 2. The van der Waals surface area contributed by atoms with Crippen molar-refractivity contribution in [3.63, 3.8) is 0 Å². The number of alkyl halides is 4. The fraction of sp³-hybridized carbons (Fsp3) is 0.923. The van der Waals surface area contributed by atoms with Gasteiger partial charge in [0.2, 0.25) is 0 Å². The Morgan fingerprint density at radius 2 is 1.71 bits per heavy atom. The molecule has 0 saturated carbocycles. The fourth-order valence-corrected chi connectivity index (χ4v) is 2.35. The van der Waals surface area contributed by atoms with Crippen LogP contribution in [0.25, 0.3) is 0 Å². The van der Waals surface area contributed by atoms with Crippen LogP contribution in [-0.2, 0) is 4.79 Å². The quantitative estimate of drug-likeness (QED) is 0.750. The van der Waals surface area contributed by atoms with Crippen LogP contribution in [0.3, 0.4) is 0 Å². The predicted octanol–water partition coefficient (Wildman–Crippen LogP) is 1.28. The number of rotatable bonds is 6. The molecule has 0 aromatic carbocycles. The van der Waals surface area contributed by atoms with Crippen molar-refractivity contribution in [1.82, 2.24) is 15.1 Å². The highest BCUT2D eigenvalue weighted by Crippen LogP contribution is 2.23. The molecule has 0 radical (unpaired) electrons. The van der Waals surface area contributed by atoms with Gasteiger partial charge in [-0.3, -0.25) is 9.69 Å². The van der Waals surface area contributed by atoms with Gasteiger partial charge in [-0.25, -0.2) is 8.78 Å². The third-order valence-electron chi connectivity index (χ3n) is 3.82. The van der Waals surface area contributed by atoms with Crippen LogP contribution in [0.4, 0.5) is 17.6 Å². The summed E-state index contributed by atoms with van der Waals surface area (Å²) >= 11 is 0. The minimum Gasteiger partial charge on any atom is -0.349 e. The molecule has 1 saturated heterocycles. The molecule has 1 heterocycles. The van der Waals surface area contributed by atoms with E-state index in [-0.39, 0.29) is 18.5 Å². The number of amides is 1. The monoisotopic (exact) mass is 313 g/mol. The van der Waals surface area contributed by atoms with Gasteiger partial charge in [-0.2, -0.15) is 8.78 Å². The van der Waals surface area contributed by atoms with Gasteiger partial charge in [-0.1, -0.05) is 13.8 Å². The molecule has 0 aromatic rings. The normalized spacial score (nSPS) is 20.0. The van der Waals surface area contributed by atoms with Crippen molar-refractivity contribution in [3.05, 3.63) is 0 Å². The molecule has 1 N–H and O–H groups in total. The Kier molecular flexibility index (Phi) is 6.40. The molecule has 1 aliphatic heterocycles. The second-order valence-electron chi connectivity index (χ2n) is 5.78. The van der Waals surface area contributed by atoms with Crippen LogP contribution < -0.4 is 5.32 Å². The smallest absolute Gasteiger partial charge is 0.349 e. The van der Waals surface area contributed by atoms with Crippen LogP contribution in [0, 0.1) is 5.92 Å². The first-order valence-electron chi connectivity index (χ1n) is 7.03. The van der Waals surface area contributed by atoms with E-state index in [4.69, 9.17) is 0 Å². The molecule has 1 amide bonds. The van der Waals surface area contributed by atoms with Crippen molar-refractivity contribution in [2.75, 3.05) is 39.8 Å². The number of carbonyl (C=O) groups is 1. The van der Waals surface area contributed by atoms with Crippen molar-refractivity contribution in [1.29, 1.82) is 0 Å². The summed E-state index contributed by atoms with van der Waals surface area (Å²) in [5, 5.41) is 1.97. The van der Waals surface area contributed by atoms with Gasteiger partial charge in [-0.05, 0) is 13.0 Å². The van der Waals surface area contributed by atoms with Crippen molar-refractivity contribution in [2.24, 2.45) is 5.92 Å². The second kappa shape index (κ2) is 7.40. The molecule has 0 aromatic heterocycles. The summed E-state index contributed by atoms with van der Waals surface area (Å²) in [5.74, 6) is -6.42. The molecular weight excluding hydrogens is 290 g/mol. The summed E-state index contributed by atoms with van der Waals surface area (Å²) in [6, 6.07) is -0.142. The fourth-order valence-electron chi connectivity index (χ4n) is 2.35. The Balaban J connectivity index is 2.58. The van der Waals surface area contributed by atoms with E-state index in [9.17, 15) is 22.4 Å². The Morgan fingerprint density at radius 3 is 2.14 bits per heavy atom. The van der Waals surface area contributed by atoms with E-state index in [1.165, 1.54) is 0 Å². The Morgan fingerprint density at radius 1 is 1.19 bits per heavy atom.